The Morgan fingerprint density at radius 1 is 0.600 bits per heavy atom. The van der Waals surface area contributed by atoms with Gasteiger partial charge in [0.15, 0.2) is 0 Å². The lowest BCUT2D eigenvalue weighted by Gasteiger charge is -2.10. The van der Waals surface area contributed by atoms with E-state index in [0.717, 1.165) is 0 Å². The fourth-order valence-electron chi connectivity index (χ4n) is 2.48. The lowest BCUT2D eigenvalue weighted by molar-refractivity contribution is 1.39. The fourth-order valence-corrected chi connectivity index (χ4v) is 2.48. The predicted molar refractivity (Wildman–Crippen MR) is 86.8 cm³/mol. The van der Waals surface area contributed by atoms with Crippen LogP contribution in [-0.4, -0.2) is 7.85 Å². The zero-order valence-corrected chi connectivity index (χ0v) is 11.3. The van der Waals surface area contributed by atoms with Gasteiger partial charge in [-0.25, -0.2) is 0 Å². The van der Waals surface area contributed by atoms with Gasteiger partial charge < -0.3 is 0 Å². The van der Waals surface area contributed by atoms with E-state index >= 15 is 0 Å². The Labute approximate surface area is 121 Å². The minimum Gasteiger partial charge on any atom is -0.0637 e. The Bertz CT molecular complexity index is 702. The number of hydrogen-bond donors (Lipinski definition) is 0. The van der Waals surface area contributed by atoms with Gasteiger partial charge in [0.05, 0.1) is 7.85 Å². The Hall–Kier alpha value is -2.28. The Balaban J connectivity index is 2.08. The summed E-state index contributed by atoms with van der Waals surface area (Å²) >= 11 is 0. The quantitative estimate of drug-likeness (QED) is 0.595. The molecule has 0 nitrogen and oxygen atoms in total. The number of rotatable bonds is 3. The largest absolute Gasteiger partial charge is 0.0716 e. The summed E-state index contributed by atoms with van der Waals surface area (Å²) in [4.78, 5) is 0. The maximum atomic E-state index is 5.84. The van der Waals surface area contributed by atoms with Crippen molar-refractivity contribution in [2.24, 2.45) is 0 Å². The van der Waals surface area contributed by atoms with Gasteiger partial charge in [0.1, 0.15) is 0 Å². The van der Waals surface area contributed by atoms with E-state index in [1.54, 1.807) is 0 Å². The molecular weight excluding hydrogens is 239 g/mol. The van der Waals surface area contributed by atoms with Gasteiger partial charge in [0, 0.05) is 0 Å². The third-order valence-electron chi connectivity index (χ3n) is 3.52. The van der Waals surface area contributed by atoms with E-state index in [2.05, 4.69) is 66.7 Å². The van der Waals surface area contributed by atoms with Crippen LogP contribution in [0.3, 0.4) is 0 Å². The number of benzene rings is 3. The molecule has 0 saturated heterocycles. The van der Waals surface area contributed by atoms with Gasteiger partial charge in [-0.2, -0.15) is 0 Å². The molecule has 3 aromatic rings. The van der Waals surface area contributed by atoms with Gasteiger partial charge in [-0.3, -0.25) is 0 Å². The maximum absolute atomic E-state index is 5.84. The molecule has 0 saturated carbocycles. The minimum atomic E-state index is 0.561. The molecule has 0 spiro atoms. The van der Waals surface area contributed by atoms with Crippen LogP contribution in [0.5, 0.6) is 0 Å². The summed E-state index contributed by atoms with van der Waals surface area (Å²) in [7, 11) is 5.84. The van der Waals surface area contributed by atoms with Crippen molar-refractivity contribution in [3.63, 3.8) is 0 Å². The average Bonchev–Trinajstić information content (AvgIpc) is 2.56. The third-order valence-corrected chi connectivity index (χ3v) is 3.52. The summed E-state index contributed by atoms with van der Waals surface area (Å²) in [6.45, 7) is 0. The molecule has 0 unspecified atom stereocenters. The monoisotopic (exact) mass is 254 g/mol. The van der Waals surface area contributed by atoms with E-state index < -0.39 is 0 Å². The molecule has 0 bridgehead atoms. The van der Waals surface area contributed by atoms with Crippen LogP contribution in [0.15, 0.2) is 78.9 Å². The molecule has 0 amide bonds. The van der Waals surface area contributed by atoms with Gasteiger partial charge in [0.25, 0.3) is 0 Å². The molecule has 3 rings (SSSR count). The normalized spacial score (nSPS) is 10.4. The first-order chi connectivity index (χ1) is 9.88. The molecule has 3 aromatic carbocycles. The van der Waals surface area contributed by atoms with Crippen LogP contribution in [0.25, 0.3) is 22.3 Å². The summed E-state index contributed by atoms with van der Waals surface area (Å²) in [6, 6.07) is 27.4. The first-order valence-electron chi connectivity index (χ1n) is 6.82. The summed E-state index contributed by atoms with van der Waals surface area (Å²) in [6.07, 6.45) is 0.561. The van der Waals surface area contributed by atoms with Crippen LogP contribution >= 0.6 is 0 Å². The highest BCUT2D eigenvalue weighted by Crippen LogP contribution is 2.28. The molecule has 2 radical (unpaired) electrons. The molecule has 20 heavy (non-hydrogen) atoms. The standard InChI is InChI=1S/C19H15B/c20-14-18-9-4-5-12-19(18)17-11-6-10-16(13-17)15-7-2-1-3-8-15/h1-13H,14H2. The molecule has 0 fully saturated rings. The molecule has 0 aromatic heterocycles. The van der Waals surface area contributed by atoms with Gasteiger partial charge >= 0.3 is 0 Å². The maximum Gasteiger partial charge on any atom is 0.0716 e. The third kappa shape index (κ3) is 2.53. The molecule has 0 aliphatic rings. The minimum absolute atomic E-state index is 0.561. The highest BCUT2D eigenvalue weighted by Gasteiger charge is 2.04. The van der Waals surface area contributed by atoms with E-state index in [1.807, 2.05) is 12.1 Å². The molecule has 0 heterocycles. The van der Waals surface area contributed by atoms with E-state index in [9.17, 15) is 0 Å². The summed E-state index contributed by atoms with van der Waals surface area (Å²) < 4.78 is 0. The van der Waals surface area contributed by atoms with Crippen molar-refractivity contribution in [2.75, 3.05) is 0 Å². The zero-order valence-electron chi connectivity index (χ0n) is 11.3. The van der Waals surface area contributed by atoms with E-state index in [1.165, 1.54) is 27.8 Å². The van der Waals surface area contributed by atoms with E-state index in [4.69, 9.17) is 7.85 Å². The van der Waals surface area contributed by atoms with Crippen molar-refractivity contribution in [3.8, 4) is 22.3 Å². The van der Waals surface area contributed by atoms with Gasteiger partial charge in [-0.1, -0.05) is 79.1 Å². The van der Waals surface area contributed by atoms with Crippen LogP contribution in [0.4, 0.5) is 0 Å². The molecule has 0 N–H and O–H groups in total. The van der Waals surface area contributed by atoms with E-state index in [0.29, 0.717) is 6.32 Å². The van der Waals surface area contributed by atoms with Gasteiger partial charge in [-0.05, 0) is 33.9 Å². The van der Waals surface area contributed by atoms with Crippen LogP contribution in [0.2, 0.25) is 0 Å². The average molecular weight is 254 g/mol. The molecule has 94 valence electrons. The SMILES string of the molecule is [B]Cc1ccccc1-c1cccc(-c2ccccc2)c1. The first-order valence-corrected chi connectivity index (χ1v) is 6.82. The van der Waals surface area contributed by atoms with Crippen LogP contribution in [0.1, 0.15) is 5.56 Å². The zero-order chi connectivity index (χ0) is 13.8. The Kier molecular flexibility index (Phi) is 3.69. The van der Waals surface area contributed by atoms with Crippen LogP contribution in [-0.2, 0) is 6.32 Å². The van der Waals surface area contributed by atoms with Crippen LogP contribution < -0.4 is 0 Å². The lowest BCUT2D eigenvalue weighted by Crippen LogP contribution is -1.89. The summed E-state index contributed by atoms with van der Waals surface area (Å²) in [5.41, 5.74) is 6.08. The fraction of sp³-hybridized carbons (Fsp3) is 0.0526. The van der Waals surface area contributed by atoms with Gasteiger partial charge in [0.2, 0.25) is 0 Å². The molecule has 0 aliphatic heterocycles. The lowest BCUT2D eigenvalue weighted by atomic mass is 9.89. The second kappa shape index (κ2) is 5.79. The molecule has 0 aliphatic carbocycles. The molecule has 0 atom stereocenters. The smallest absolute Gasteiger partial charge is 0.0637 e. The summed E-state index contributed by atoms with van der Waals surface area (Å²) in [5, 5.41) is 0. The predicted octanol–water partition coefficient (Wildman–Crippen LogP) is 4.69. The Morgan fingerprint density at radius 3 is 2.05 bits per heavy atom. The van der Waals surface area contributed by atoms with Crippen molar-refractivity contribution in [1.29, 1.82) is 0 Å². The van der Waals surface area contributed by atoms with Crippen molar-refractivity contribution in [2.45, 2.75) is 6.32 Å². The Morgan fingerprint density at radius 2 is 1.25 bits per heavy atom. The summed E-state index contributed by atoms with van der Waals surface area (Å²) in [5.74, 6) is 0. The second-order valence-corrected chi connectivity index (χ2v) is 4.81. The highest BCUT2D eigenvalue weighted by atomic mass is 14.1. The van der Waals surface area contributed by atoms with Crippen LogP contribution in [0, 0.1) is 0 Å². The highest BCUT2D eigenvalue weighted by molar-refractivity contribution is 6.09. The molecular formula is C19H15B. The van der Waals surface area contributed by atoms with Crippen molar-refractivity contribution >= 4 is 7.85 Å². The number of hydrogen-bond acceptors (Lipinski definition) is 0. The first kappa shape index (κ1) is 12.7. The van der Waals surface area contributed by atoms with E-state index in [-0.39, 0.29) is 0 Å². The van der Waals surface area contributed by atoms with Crippen molar-refractivity contribution in [3.05, 3.63) is 84.4 Å². The van der Waals surface area contributed by atoms with Gasteiger partial charge in [-0.15, -0.1) is 0 Å². The van der Waals surface area contributed by atoms with Crippen molar-refractivity contribution in [1.82, 2.24) is 0 Å². The van der Waals surface area contributed by atoms with Crippen molar-refractivity contribution < 1.29 is 0 Å². The second-order valence-electron chi connectivity index (χ2n) is 4.81. The topological polar surface area (TPSA) is 0 Å². The molecule has 1 heteroatoms.